The van der Waals surface area contributed by atoms with Gasteiger partial charge in [-0.25, -0.2) is 0 Å². The number of carbonyl (C=O) groups is 1. The Kier molecular flexibility index (Phi) is 6.00. The zero-order valence-electron chi connectivity index (χ0n) is 13.6. The average Bonchev–Trinajstić information content (AvgIpc) is 2.58. The van der Waals surface area contributed by atoms with Crippen LogP contribution in [0.3, 0.4) is 0 Å². The molecule has 0 saturated heterocycles. The van der Waals surface area contributed by atoms with E-state index >= 15 is 0 Å². The molecule has 0 fully saturated rings. The Morgan fingerprint density at radius 3 is 2.67 bits per heavy atom. The molecule has 0 spiro atoms. The van der Waals surface area contributed by atoms with E-state index in [0.717, 1.165) is 23.2 Å². The summed E-state index contributed by atoms with van der Waals surface area (Å²) in [6.45, 7) is 4.03. The lowest BCUT2D eigenvalue weighted by atomic mass is 10.1. The topological polar surface area (TPSA) is 64.9 Å². The van der Waals surface area contributed by atoms with Crippen molar-refractivity contribution in [3.05, 3.63) is 70.4 Å². The molecule has 1 amide bonds. The zero-order chi connectivity index (χ0) is 17.5. The summed E-state index contributed by atoms with van der Waals surface area (Å²) in [5.41, 5.74) is 3.53. The molecule has 0 aromatic heterocycles. The molecule has 4 nitrogen and oxygen atoms in total. The standard InChI is InChI=1S/C19H18ClN3O/c1-3-14-8-6-7-13(2)18(14)22-12-15(11-21)19(24)23-17-10-5-4-9-16(17)20/h4-10,12,22H,3H2,1-2H3,(H,23,24)/b15-12-. The fraction of sp³-hybridized carbons (Fsp3) is 0.158. The Bertz CT molecular complexity index is 822. The number of hydrogen-bond acceptors (Lipinski definition) is 3. The van der Waals surface area contributed by atoms with Crippen LogP contribution >= 0.6 is 11.6 Å². The maximum absolute atomic E-state index is 12.3. The van der Waals surface area contributed by atoms with E-state index in [-0.39, 0.29) is 5.57 Å². The molecule has 0 bridgehead atoms. The second-order valence-electron chi connectivity index (χ2n) is 5.21. The van der Waals surface area contributed by atoms with Crippen molar-refractivity contribution in [2.24, 2.45) is 0 Å². The van der Waals surface area contributed by atoms with Gasteiger partial charge in [0.15, 0.2) is 0 Å². The number of hydrogen-bond donors (Lipinski definition) is 2. The third-order valence-corrected chi connectivity index (χ3v) is 3.92. The number of nitrogens with zero attached hydrogens (tertiary/aromatic N) is 1. The first kappa shape index (κ1) is 17.6. The van der Waals surface area contributed by atoms with Crippen molar-refractivity contribution < 1.29 is 4.79 Å². The van der Waals surface area contributed by atoms with Crippen molar-refractivity contribution in [3.63, 3.8) is 0 Å². The van der Waals surface area contributed by atoms with E-state index in [1.165, 1.54) is 6.20 Å². The normalized spacial score (nSPS) is 10.8. The Hall–Kier alpha value is -2.77. The van der Waals surface area contributed by atoms with Gasteiger partial charge in [-0.05, 0) is 36.6 Å². The van der Waals surface area contributed by atoms with Crippen molar-refractivity contribution >= 4 is 28.9 Å². The van der Waals surface area contributed by atoms with Gasteiger partial charge in [-0.2, -0.15) is 5.26 Å². The number of nitrogens with one attached hydrogen (secondary N) is 2. The van der Waals surface area contributed by atoms with Crippen molar-refractivity contribution in [3.8, 4) is 6.07 Å². The Labute approximate surface area is 146 Å². The molecule has 0 aliphatic rings. The molecule has 2 rings (SSSR count). The molecule has 5 heteroatoms. The van der Waals surface area contributed by atoms with E-state index in [1.54, 1.807) is 24.3 Å². The first-order valence-electron chi connectivity index (χ1n) is 7.58. The molecule has 0 radical (unpaired) electrons. The molecule has 0 saturated carbocycles. The van der Waals surface area contributed by atoms with E-state index in [4.69, 9.17) is 11.6 Å². The van der Waals surface area contributed by atoms with Gasteiger partial charge in [-0.3, -0.25) is 4.79 Å². The highest BCUT2D eigenvalue weighted by Gasteiger charge is 2.11. The predicted molar refractivity (Wildman–Crippen MR) is 98.0 cm³/mol. The second kappa shape index (κ2) is 8.19. The van der Waals surface area contributed by atoms with Crippen LogP contribution < -0.4 is 10.6 Å². The molecule has 2 aromatic rings. The van der Waals surface area contributed by atoms with Crippen LogP contribution in [0.2, 0.25) is 5.02 Å². The second-order valence-corrected chi connectivity index (χ2v) is 5.62. The van der Waals surface area contributed by atoms with Gasteiger partial charge >= 0.3 is 0 Å². The molecule has 0 aliphatic heterocycles. The molecule has 24 heavy (non-hydrogen) atoms. The number of benzene rings is 2. The van der Waals surface area contributed by atoms with Crippen LogP contribution in [0.15, 0.2) is 54.2 Å². The van der Waals surface area contributed by atoms with Crippen LogP contribution in [-0.2, 0) is 11.2 Å². The first-order chi connectivity index (χ1) is 11.6. The number of aryl methyl sites for hydroxylation is 2. The van der Waals surface area contributed by atoms with E-state index in [2.05, 4.69) is 17.6 Å². The highest BCUT2D eigenvalue weighted by Crippen LogP contribution is 2.22. The lowest BCUT2D eigenvalue weighted by Gasteiger charge is -2.11. The highest BCUT2D eigenvalue weighted by molar-refractivity contribution is 6.33. The largest absolute Gasteiger partial charge is 0.360 e. The van der Waals surface area contributed by atoms with Gasteiger partial charge in [0.25, 0.3) is 5.91 Å². The van der Waals surface area contributed by atoms with E-state index < -0.39 is 5.91 Å². The van der Waals surface area contributed by atoms with Gasteiger partial charge in [0.05, 0.1) is 10.7 Å². The van der Waals surface area contributed by atoms with Gasteiger partial charge in [0.2, 0.25) is 0 Å². The number of amides is 1. The molecule has 0 unspecified atom stereocenters. The van der Waals surface area contributed by atoms with Crippen LogP contribution in [0.4, 0.5) is 11.4 Å². The van der Waals surface area contributed by atoms with Crippen molar-refractivity contribution in [1.82, 2.24) is 0 Å². The summed E-state index contributed by atoms with van der Waals surface area (Å²) >= 11 is 6.02. The van der Waals surface area contributed by atoms with Gasteiger partial charge in [0, 0.05) is 11.9 Å². The molecule has 2 aromatic carbocycles. The Morgan fingerprint density at radius 2 is 2.00 bits per heavy atom. The molecular formula is C19H18ClN3O. The third kappa shape index (κ3) is 4.15. The number of anilines is 2. The van der Waals surface area contributed by atoms with Gasteiger partial charge in [-0.1, -0.05) is 48.9 Å². The van der Waals surface area contributed by atoms with Crippen LogP contribution in [0.1, 0.15) is 18.1 Å². The third-order valence-electron chi connectivity index (χ3n) is 3.59. The molecule has 2 N–H and O–H groups in total. The van der Waals surface area contributed by atoms with Gasteiger partial charge in [-0.15, -0.1) is 0 Å². The van der Waals surface area contributed by atoms with Crippen molar-refractivity contribution in [1.29, 1.82) is 5.26 Å². The van der Waals surface area contributed by atoms with Crippen molar-refractivity contribution in [2.45, 2.75) is 20.3 Å². The number of nitriles is 1. The Balaban J connectivity index is 2.20. The van der Waals surface area contributed by atoms with E-state index in [0.29, 0.717) is 10.7 Å². The summed E-state index contributed by atoms with van der Waals surface area (Å²) in [4.78, 5) is 12.3. The minimum atomic E-state index is -0.510. The average molecular weight is 340 g/mol. The minimum Gasteiger partial charge on any atom is -0.360 e. The van der Waals surface area contributed by atoms with Gasteiger partial charge < -0.3 is 10.6 Å². The summed E-state index contributed by atoms with van der Waals surface area (Å²) in [7, 11) is 0. The zero-order valence-corrected chi connectivity index (χ0v) is 14.3. The van der Waals surface area contributed by atoms with E-state index in [9.17, 15) is 10.1 Å². The summed E-state index contributed by atoms with van der Waals surface area (Å²) in [5.74, 6) is -0.510. The molecule has 0 atom stereocenters. The number of para-hydroxylation sites is 2. The Morgan fingerprint density at radius 1 is 1.25 bits per heavy atom. The summed E-state index contributed by atoms with van der Waals surface area (Å²) in [5, 5.41) is 15.4. The fourth-order valence-corrected chi connectivity index (χ4v) is 2.46. The summed E-state index contributed by atoms with van der Waals surface area (Å²) in [6.07, 6.45) is 2.28. The quantitative estimate of drug-likeness (QED) is 0.614. The van der Waals surface area contributed by atoms with Crippen LogP contribution in [0.25, 0.3) is 0 Å². The number of rotatable bonds is 5. The van der Waals surface area contributed by atoms with Crippen LogP contribution in [-0.4, -0.2) is 5.91 Å². The fourth-order valence-electron chi connectivity index (χ4n) is 2.27. The molecule has 0 heterocycles. The first-order valence-corrected chi connectivity index (χ1v) is 7.95. The maximum Gasteiger partial charge on any atom is 0.267 e. The number of carbonyl (C=O) groups excluding carboxylic acids is 1. The van der Waals surface area contributed by atoms with Crippen molar-refractivity contribution in [2.75, 3.05) is 10.6 Å². The molecule has 0 aliphatic carbocycles. The molecule has 122 valence electrons. The highest BCUT2D eigenvalue weighted by atomic mass is 35.5. The minimum absolute atomic E-state index is 0.0276. The smallest absolute Gasteiger partial charge is 0.267 e. The maximum atomic E-state index is 12.3. The lowest BCUT2D eigenvalue weighted by molar-refractivity contribution is -0.112. The lowest BCUT2D eigenvalue weighted by Crippen LogP contribution is -2.15. The number of halogens is 1. The predicted octanol–water partition coefficient (Wildman–Crippen LogP) is 4.67. The SMILES string of the molecule is CCc1cccc(C)c1N/C=C(/C#N)C(=O)Nc1ccccc1Cl. The summed E-state index contributed by atoms with van der Waals surface area (Å²) in [6, 6.07) is 14.8. The van der Waals surface area contributed by atoms with Gasteiger partial charge in [0.1, 0.15) is 11.6 Å². The van der Waals surface area contributed by atoms with E-state index in [1.807, 2.05) is 31.2 Å². The summed E-state index contributed by atoms with van der Waals surface area (Å²) < 4.78 is 0. The van der Waals surface area contributed by atoms with Crippen LogP contribution in [0.5, 0.6) is 0 Å². The molecular weight excluding hydrogens is 322 g/mol. The van der Waals surface area contributed by atoms with Crippen LogP contribution in [0, 0.1) is 18.3 Å². The monoisotopic (exact) mass is 339 g/mol.